The van der Waals surface area contributed by atoms with Gasteiger partial charge in [-0.3, -0.25) is 4.79 Å². The van der Waals surface area contributed by atoms with Gasteiger partial charge in [0.2, 0.25) is 23.1 Å². The summed E-state index contributed by atoms with van der Waals surface area (Å²) in [4.78, 5) is 22.5. The summed E-state index contributed by atoms with van der Waals surface area (Å²) in [6, 6.07) is 0. The number of aromatic nitrogens is 3. The molecule has 0 unspecified atom stereocenters. The van der Waals surface area contributed by atoms with E-state index in [-0.39, 0.29) is 29.6 Å². The standard InChI is InChI=1S/C9H15ClN6O/c1-5(2)3-12-6(17)4-13-9-15-7(10)14-8(11)16-9/h5H,3-4H2,1-2H3,(H,12,17)(H3,11,13,14,15,16). The van der Waals surface area contributed by atoms with Crippen molar-refractivity contribution in [3.63, 3.8) is 0 Å². The van der Waals surface area contributed by atoms with Crippen LogP contribution in [0.25, 0.3) is 0 Å². The third-order valence-electron chi connectivity index (χ3n) is 1.74. The molecule has 1 aromatic heterocycles. The van der Waals surface area contributed by atoms with E-state index >= 15 is 0 Å². The molecule has 0 saturated heterocycles. The summed E-state index contributed by atoms with van der Waals surface area (Å²) in [6.45, 7) is 4.72. The topological polar surface area (TPSA) is 106 Å². The summed E-state index contributed by atoms with van der Waals surface area (Å²) >= 11 is 5.59. The minimum Gasteiger partial charge on any atom is -0.368 e. The van der Waals surface area contributed by atoms with Crippen LogP contribution < -0.4 is 16.4 Å². The number of halogens is 1. The van der Waals surface area contributed by atoms with E-state index in [2.05, 4.69) is 25.6 Å². The molecular weight excluding hydrogens is 244 g/mol. The first-order chi connectivity index (χ1) is 7.97. The van der Waals surface area contributed by atoms with Crippen molar-refractivity contribution in [3.05, 3.63) is 5.28 Å². The summed E-state index contributed by atoms with van der Waals surface area (Å²) < 4.78 is 0. The van der Waals surface area contributed by atoms with E-state index in [1.807, 2.05) is 13.8 Å². The summed E-state index contributed by atoms with van der Waals surface area (Å²) in [5.41, 5.74) is 5.38. The van der Waals surface area contributed by atoms with Crippen LogP contribution in [-0.4, -0.2) is 33.9 Å². The largest absolute Gasteiger partial charge is 0.368 e. The Morgan fingerprint density at radius 2 is 2.12 bits per heavy atom. The molecule has 8 heteroatoms. The van der Waals surface area contributed by atoms with Crippen LogP contribution in [0.1, 0.15) is 13.8 Å². The molecule has 0 aliphatic carbocycles. The molecule has 1 heterocycles. The van der Waals surface area contributed by atoms with Crippen LogP contribution in [0, 0.1) is 5.92 Å². The fourth-order valence-electron chi connectivity index (χ4n) is 0.984. The summed E-state index contributed by atoms with van der Waals surface area (Å²) in [6.07, 6.45) is 0. The van der Waals surface area contributed by atoms with Gasteiger partial charge in [0.05, 0.1) is 6.54 Å². The zero-order valence-corrected chi connectivity index (χ0v) is 10.5. The maximum atomic E-state index is 11.4. The van der Waals surface area contributed by atoms with Crippen molar-refractivity contribution in [1.82, 2.24) is 20.3 Å². The summed E-state index contributed by atoms with van der Waals surface area (Å²) in [5, 5.41) is 5.44. The first kappa shape index (κ1) is 13.4. The number of anilines is 2. The van der Waals surface area contributed by atoms with E-state index < -0.39 is 0 Å². The number of hydrogen-bond donors (Lipinski definition) is 3. The van der Waals surface area contributed by atoms with Gasteiger partial charge in [-0.15, -0.1) is 0 Å². The maximum absolute atomic E-state index is 11.4. The Labute approximate surface area is 104 Å². The SMILES string of the molecule is CC(C)CNC(=O)CNc1nc(N)nc(Cl)n1. The predicted octanol–water partition coefficient (Wildman–Crippen LogP) is 0.291. The molecule has 0 aliphatic rings. The van der Waals surface area contributed by atoms with E-state index in [4.69, 9.17) is 17.3 Å². The van der Waals surface area contributed by atoms with E-state index in [0.717, 1.165) is 0 Å². The van der Waals surface area contributed by atoms with E-state index in [1.165, 1.54) is 0 Å². The lowest BCUT2D eigenvalue weighted by molar-refractivity contribution is -0.119. The van der Waals surface area contributed by atoms with Crippen LogP contribution in [0.4, 0.5) is 11.9 Å². The van der Waals surface area contributed by atoms with Crippen molar-refractivity contribution in [2.75, 3.05) is 24.1 Å². The van der Waals surface area contributed by atoms with Gasteiger partial charge in [-0.25, -0.2) is 0 Å². The van der Waals surface area contributed by atoms with Gasteiger partial charge in [-0.2, -0.15) is 15.0 Å². The Balaban J connectivity index is 2.42. The number of nitrogens with one attached hydrogen (secondary N) is 2. The summed E-state index contributed by atoms with van der Waals surface area (Å²) in [7, 11) is 0. The van der Waals surface area contributed by atoms with E-state index in [9.17, 15) is 4.79 Å². The lowest BCUT2D eigenvalue weighted by atomic mass is 10.2. The van der Waals surface area contributed by atoms with Crippen LogP contribution in [0.3, 0.4) is 0 Å². The number of nitrogens with two attached hydrogens (primary N) is 1. The minimum absolute atomic E-state index is 0.00934. The number of carbonyl (C=O) groups excluding carboxylic acids is 1. The average molecular weight is 259 g/mol. The van der Waals surface area contributed by atoms with Crippen LogP contribution in [0.15, 0.2) is 0 Å². The molecule has 17 heavy (non-hydrogen) atoms. The Morgan fingerprint density at radius 1 is 1.41 bits per heavy atom. The van der Waals surface area contributed by atoms with E-state index in [1.54, 1.807) is 0 Å². The number of nitrogen functional groups attached to an aromatic ring is 1. The van der Waals surface area contributed by atoms with Crippen molar-refractivity contribution >= 4 is 29.4 Å². The number of amides is 1. The predicted molar refractivity (Wildman–Crippen MR) is 65.6 cm³/mol. The smallest absolute Gasteiger partial charge is 0.239 e. The zero-order valence-electron chi connectivity index (χ0n) is 9.70. The van der Waals surface area contributed by atoms with Crippen molar-refractivity contribution in [2.24, 2.45) is 5.92 Å². The first-order valence-electron chi connectivity index (χ1n) is 5.15. The molecule has 7 nitrogen and oxygen atoms in total. The van der Waals surface area contributed by atoms with Gasteiger partial charge in [-0.1, -0.05) is 13.8 Å². The van der Waals surface area contributed by atoms with Crippen LogP contribution >= 0.6 is 11.6 Å². The second kappa shape index (κ2) is 6.19. The van der Waals surface area contributed by atoms with Gasteiger partial charge in [0.25, 0.3) is 0 Å². The molecule has 0 aromatic carbocycles. The van der Waals surface area contributed by atoms with Gasteiger partial charge in [0.1, 0.15) is 0 Å². The molecule has 0 fully saturated rings. The Morgan fingerprint density at radius 3 is 2.71 bits per heavy atom. The summed E-state index contributed by atoms with van der Waals surface area (Å²) in [5.74, 6) is 0.451. The monoisotopic (exact) mass is 258 g/mol. The zero-order chi connectivity index (χ0) is 12.8. The molecule has 1 rings (SSSR count). The maximum Gasteiger partial charge on any atom is 0.239 e. The van der Waals surface area contributed by atoms with Gasteiger partial charge >= 0.3 is 0 Å². The van der Waals surface area contributed by atoms with Gasteiger partial charge in [-0.05, 0) is 17.5 Å². The molecule has 0 atom stereocenters. The second-order valence-corrected chi connectivity index (χ2v) is 4.18. The molecule has 0 bridgehead atoms. The number of nitrogens with zero attached hydrogens (tertiary/aromatic N) is 3. The fourth-order valence-corrected chi connectivity index (χ4v) is 1.15. The van der Waals surface area contributed by atoms with Crippen molar-refractivity contribution in [1.29, 1.82) is 0 Å². The Hall–Kier alpha value is -1.63. The fraction of sp³-hybridized carbons (Fsp3) is 0.556. The lowest BCUT2D eigenvalue weighted by Gasteiger charge is -2.08. The van der Waals surface area contributed by atoms with Gasteiger partial charge < -0.3 is 16.4 Å². The molecule has 0 radical (unpaired) electrons. The van der Waals surface area contributed by atoms with Gasteiger partial charge in [0, 0.05) is 6.54 Å². The number of rotatable bonds is 5. The molecule has 0 aliphatic heterocycles. The number of hydrogen-bond acceptors (Lipinski definition) is 6. The molecule has 94 valence electrons. The highest BCUT2D eigenvalue weighted by Gasteiger charge is 2.05. The molecule has 4 N–H and O–H groups in total. The van der Waals surface area contributed by atoms with Crippen LogP contribution in [0.5, 0.6) is 0 Å². The average Bonchev–Trinajstić information content (AvgIpc) is 2.22. The highest BCUT2D eigenvalue weighted by atomic mass is 35.5. The van der Waals surface area contributed by atoms with Crippen LogP contribution in [-0.2, 0) is 4.79 Å². The molecule has 0 saturated carbocycles. The Kier molecular flexibility index (Phi) is 4.89. The van der Waals surface area contributed by atoms with Crippen molar-refractivity contribution in [3.8, 4) is 0 Å². The normalized spacial score (nSPS) is 10.4. The first-order valence-corrected chi connectivity index (χ1v) is 5.52. The van der Waals surface area contributed by atoms with Gasteiger partial charge in [0.15, 0.2) is 0 Å². The number of carbonyl (C=O) groups is 1. The second-order valence-electron chi connectivity index (χ2n) is 3.84. The van der Waals surface area contributed by atoms with Crippen molar-refractivity contribution in [2.45, 2.75) is 13.8 Å². The molecule has 0 spiro atoms. The lowest BCUT2D eigenvalue weighted by Crippen LogP contribution is -2.32. The van der Waals surface area contributed by atoms with Crippen molar-refractivity contribution < 1.29 is 4.79 Å². The highest BCUT2D eigenvalue weighted by molar-refractivity contribution is 6.28. The Bertz CT molecular complexity index is 377. The third kappa shape index (κ3) is 5.30. The molecule has 1 aromatic rings. The van der Waals surface area contributed by atoms with E-state index in [0.29, 0.717) is 12.5 Å². The highest BCUT2D eigenvalue weighted by Crippen LogP contribution is 2.06. The molecular formula is C9H15ClN6O. The quantitative estimate of drug-likeness (QED) is 0.701. The van der Waals surface area contributed by atoms with Crippen LogP contribution in [0.2, 0.25) is 5.28 Å². The third-order valence-corrected chi connectivity index (χ3v) is 1.91. The molecule has 1 amide bonds. The minimum atomic E-state index is -0.145.